The number of hydrogen-bond acceptors (Lipinski definition) is 4. The average Bonchev–Trinajstić information content (AvgIpc) is 2.59. The molecule has 1 amide bonds. The molecule has 0 radical (unpaired) electrons. The van der Waals surface area contributed by atoms with Gasteiger partial charge >= 0.3 is 0 Å². The molecule has 1 heterocycles. The molecule has 5 heteroatoms. The molecule has 1 unspecified atom stereocenters. The molecule has 0 saturated carbocycles. The molecule has 134 valence electrons. The second-order valence-corrected chi connectivity index (χ2v) is 6.73. The van der Waals surface area contributed by atoms with E-state index in [4.69, 9.17) is 9.47 Å². The van der Waals surface area contributed by atoms with Crippen LogP contribution in [-0.2, 0) is 9.53 Å². The number of carbonyl (C=O) groups is 1. The summed E-state index contributed by atoms with van der Waals surface area (Å²) in [4.78, 5) is 12.6. The maximum atomic E-state index is 12.6. The summed E-state index contributed by atoms with van der Waals surface area (Å²) in [6, 6.07) is 7.80. The average molecular weight is 334 g/mol. The van der Waals surface area contributed by atoms with Crippen molar-refractivity contribution < 1.29 is 14.3 Å². The van der Waals surface area contributed by atoms with Gasteiger partial charge in [0.25, 0.3) is 5.91 Å². The van der Waals surface area contributed by atoms with Gasteiger partial charge in [-0.05, 0) is 57.0 Å². The van der Waals surface area contributed by atoms with Gasteiger partial charge in [0.05, 0.1) is 6.61 Å². The van der Waals surface area contributed by atoms with Crippen molar-refractivity contribution in [2.24, 2.45) is 5.41 Å². The van der Waals surface area contributed by atoms with Crippen LogP contribution in [0.4, 0.5) is 0 Å². The summed E-state index contributed by atoms with van der Waals surface area (Å²) >= 11 is 0. The molecule has 0 aliphatic carbocycles. The van der Waals surface area contributed by atoms with E-state index in [-0.39, 0.29) is 11.3 Å². The number of aryl methyl sites for hydroxylation is 1. The van der Waals surface area contributed by atoms with Crippen LogP contribution in [0.15, 0.2) is 24.3 Å². The van der Waals surface area contributed by atoms with Gasteiger partial charge in [0.1, 0.15) is 5.75 Å². The van der Waals surface area contributed by atoms with Crippen LogP contribution < -0.4 is 15.4 Å². The van der Waals surface area contributed by atoms with E-state index in [0.717, 1.165) is 37.2 Å². The van der Waals surface area contributed by atoms with Gasteiger partial charge in [0.2, 0.25) is 0 Å². The maximum absolute atomic E-state index is 12.6. The molecule has 1 aliphatic heterocycles. The number of amides is 1. The SMILES string of the molecule is CCC(Oc1cccc(C)c1)C(=O)NCC1(COC)CCNCC1. The van der Waals surface area contributed by atoms with Crippen molar-refractivity contribution in [2.75, 3.05) is 33.4 Å². The fourth-order valence-electron chi connectivity index (χ4n) is 3.20. The Labute approximate surface area is 145 Å². The third kappa shape index (κ3) is 5.21. The molecule has 5 nitrogen and oxygen atoms in total. The molecule has 0 bridgehead atoms. The molecule has 1 aromatic rings. The highest BCUT2D eigenvalue weighted by Crippen LogP contribution is 2.28. The van der Waals surface area contributed by atoms with Crippen molar-refractivity contribution in [3.63, 3.8) is 0 Å². The molecule has 1 aromatic carbocycles. The summed E-state index contributed by atoms with van der Waals surface area (Å²) in [5.41, 5.74) is 1.15. The van der Waals surface area contributed by atoms with E-state index in [2.05, 4.69) is 10.6 Å². The zero-order valence-corrected chi connectivity index (χ0v) is 15.1. The number of ether oxygens (including phenoxy) is 2. The molecule has 24 heavy (non-hydrogen) atoms. The quantitative estimate of drug-likeness (QED) is 0.766. The van der Waals surface area contributed by atoms with Gasteiger partial charge in [0, 0.05) is 19.1 Å². The van der Waals surface area contributed by atoms with Crippen LogP contribution >= 0.6 is 0 Å². The fraction of sp³-hybridized carbons (Fsp3) is 0.632. The Hall–Kier alpha value is -1.59. The lowest BCUT2D eigenvalue weighted by Gasteiger charge is -2.37. The zero-order chi connectivity index (χ0) is 17.4. The van der Waals surface area contributed by atoms with Crippen molar-refractivity contribution in [1.82, 2.24) is 10.6 Å². The molecule has 1 saturated heterocycles. The lowest BCUT2D eigenvalue weighted by molar-refractivity contribution is -0.129. The fourth-order valence-corrected chi connectivity index (χ4v) is 3.20. The van der Waals surface area contributed by atoms with E-state index >= 15 is 0 Å². The highest BCUT2D eigenvalue weighted by molar-refractivity contribution is 5.81. The van der Waals surface area contributed by atoms with E-state index in [9.17, 15) is 4.79 Å². The first-order valence-corrected chi connectivity index (χ1v) is 8.79. The standard InChI is InChI=1S/C19H30N2O3/c1-4-17(24-16-7-5-6-15(2)12-16)18(22)21-13-19(14-23-3)8-10-20-11-9-19/h5-7,12,17,20H,4,8-11,13-14H2,1-3H3,(H,21,22). The van der Waals surface area contributed by atoms with Gasteiger partial charge in [-0.2, -0.15) is 0 Å². The van der Waals surface area contributed by atoms with Crippen molar-refractivity contribution in [1.29, 1.82) is 0 Å². The van der Waals surface area contributed by atoms with Crippen LogP contribution in [0.5, 0.6) is 5.75 Å². The predicted octanol–water partition coefficient (Wildman–Crippen LogP) is 2.28. The third-order valence-electron chi connectivity index (χ3n) is 4.68. The van der Waals surface area contributed by atoms with Crippen molar-refractivity contribution in [3.8, 4) is 5.75 Å². The maximum Gasteiger partial charge on any atom is 0.261 e. The number of rotatable bonds is 8. The van der Waals surface area contributed by atoms with E-state index in [0.29, 0.717) is 19.6 Å². The van der Waals surface area contributed by atoms with Crippen molar-refractivity contribution in [3.05, 3.63) is 29.8 Å². The first-order chi connectivity index (χ1) is 11.6. The summed E-state index contributed by atoms with van der Waals surface area (Å²) in [6.07, 6.45) is 2.19. The highest BCUT2D eigenvalue weighted by atomic mass is 16.5. The van der Waals surface area contributed by atoms with Gasteiger partial charge in [-0.25, -0.2) is 0 Å². The summed E-state index contributed by atoms with van der Waals surface area (Å²) in [6.45, 7) is 7.22. The first kappa shape index (κ1) is 18.7. The summed E-state index contributed by atoms with van der Waals surface area (Å²) in [5, 5.41) is 6.46. The van der Waals surface area contributed by atoms with Gasteiger partial charge in [-0.1, -0.05) is 19.1 Å². The second kappa shape index (κ2) is 9.04. The normalized spacial score (nSPS) is 18.0. The summed E-state index contributed by atoms with van der Waals surface area (Å²) in [7, 11) is 1.72. The number of carbonyl (C=O) groups excluding carboxylic acids is 1. The molecular formula is C19H30N2O3. The number of methoxy groups -OCH3 is 1. The number of nitrogens with one attached hydrogen (secondary N) is 2. The molecule has 2 N–H and O–H groups in total. The molecule has 0 spiro atoms. The number of benzene rings is 1. The minimum atomic E-state index is -0.465. The van der Waals surface area contributed by atoms with Gasteiger partial charge < -0.3 is 20.1 Å². The highest BCUT2D eigenvalue weighted by Gasteiger charge is 2.33. The number of piperidine rings is 1. The lowest BCUT2D eigenvalue weighted by atomic mass is 9.79. The van der Waals surface area contributed by atoms with Crippen LogP contribution in [0.1, 0.15) is 31.7 Å². The van der Waals surface area contributed by atoms with Crippen molar-refractivity contribution >= 4 is 5.91 Å². The van der Waals surface area contributed by atoms with E-state index < -0.39 is 6.10 Å². The minimum absolute atomic E-state index is 0.0251. The van der Waals surface area contributed by atoms with Crippen LogP contribution in [0.2, 0.25) is 0 Å². The monoisotopic (exact) mass is 334 g/mol. The molecule has 1 fully saturated rings. The lowest BCUT2D eigenvalue weighted by Crippen LogP contribution is -2.49. The van der Waals surface area contributed by atoms with Gasteiger partial charge in [0.15, 0.2) is 6.10 Å². The summed E-state index contributed by atoms with van der Waals surface area (Å²) in [5.74, 6) is 0.693. The van der Waals surface area contributed by atoms with Crippen LogP contribution in [0.3, 0.4) is 0 Å². The zero-order valence-electron chi connectivity index (χ0n) is 15.1. The van der Waals surface area contributed by atoms with E-state index in [1.54, 1.807) is 7.11 Å². The number of hydrogen-bond donors (Lipinski definition) is 2. The Kier molecular flexibility index (Phi) is 7.06. The van der Waals surface area contributed by atoms with E-state index in [1.165, 1.54) is 0 Å². The summed E-state index contributed by atoms with van der Waals surface area (Å²) < 4.78 is 11.3. The Bertz CT molecular complexity index is 522. The Morgan fingerprint density at radius 3 is 2.75 bits per heavy atom. The van der Waals surface area contributed by atoms with Crippen LogP contribution in [0, 0.1) is 12.3 Å². The molecular weight excluding hydrogens is 304 g/mol. The van der Waals surface area contributed by atoms with Gasteiger partial charge in [-0.15, -0.1) is 0 Å². The smallest absolute Gasteiger partial charge is 0.261 e. The molecule has 0 aromatic heterocycles. The largest absolute Gasteiger partial charge is 0.481 e. The Morgan fingerprint density at radius 1 is 1.38 bits per heavy atom. The Balaban J connectivity index is 1.93. The van der Waals surface area contributed by atoms with Crippen molar-refractivity contribution in [2.45, 2.75) is 39.2 Å². The first-order valence-electron chi connectivity index (χ1n) is 8.79. The third-order valence-corrected chi connectivity index (χ3v) is 4.68. The molecule has 1 aliphatic rings. The minimum Gasteiger partial charge on any atom is -0.481 e. The predicted molar refractivity (Wildman–Crippen MR) is 95.3 cm³/mol. The van der Waals surface area contributed by atoms with Gasteiger partial charge in [-0.3, -0.25) is 4.79 Å². The second-order valence-electron chi connectivity index (χ2n) is 6.73. The van der Waals surface area contributed by atoms with E-state index in [1.807, 2.05) is 38.1 Å². The molecule has 1 atom stereocenters. The Morgan fingerprint density at radius 2 is 2.12 bits per heavy atom. The van der Waals surface area contributed by atoms with Crippen LogP contribution in [0.25, 0.3) is 0 Å². The topological polar surface area (TPSA) is 59.6 Å². The molecule has 2 rings (SSSR count). The van der Waals surface area contributed by atoms with Crippen LogP contribution in [-0.4, -0.2) is 45.4 Å².